The lowest BCUT2D eigenvalue weighted by atomic mass is 9.98. The lowest BCUT2D eigenvalue weighted by Crippen LogP contribution is -2.49. The van der Waals surface area contributed by atoms with Crippen LogP contribution in [0.1, 0.15) is 35.5 Å². The number of thiazole rings is 1. The van der Waals surface area contributed by atoms with Crippen LogP contribution in [0.15, 0.2) is 18.5 Å². The Morgan fingerprint density at radius 3 is 2.36 bits per heavy atom. The molecule has 0 N–H and O–H groups in total. The summed E-state index contributed by atoms with van der Waals surface area (Å²) in [7, 11) is 0. The number of pyridine rings is 1. The molecule has 3 heterocycles. The minimum absolute atomic E-state index is 0.0428. The van der Waals surface area contributed by atoms with Gasteiger partial charge in [0.1, 0.15) is 10.7 Å². The summed E-state index contributed by atoms with van der Waals surface area (Å²) in [6.07, 6.45) is 3.28. The molecule has 1 aliphatic heterocycles. The van der Waals surface area contributed by atoms with Crippen LogP contribution in [0.3, 0.4) is 0 Å². The van der Waals surface area contributed by atoms with Crippen molar-refractivity contribution in [3.8, 4) is 0 Å². The minimum Gasteiger partial charge on any atom is -0.352 e. The molecule has 8 heteroatoms. The molecule has 0 aromatic carbocycles. The van der Waals surface area contributed by atoms with E-state index in [0.717, 1.165) is 5.01 Å². The normalized spacial score (nSPS) is 15.6. The molecule has 2 aromatic rings. The number of hydrogen-bond donors (Lipinski definition) is 0. The Balaban J connectivity index is 1.65. The van der Waals surface area contributed by atoms with Gasteiger partial charge in [0.25, 0.3) is 5.91 Å². The van der Waals surface area contributed by atoms with Gasteiger partial charge in [-0.3, -0.25) is 4.79 Å². The molecule has 1 aliphatic rings. The van der Waals surface area contributed by atoms with E-state index in [1.54, 1.807) is 18.5 Å². The monoisotopic (exact) mass is 398 g/mol. The van der Waals surface area contributed by atoms with Crippen molar-refractivity contribution in [3.63, 3.8) is 0 Å². The first-order valence-corrected chi connectivity index (χ1v) is 9.64. The van der Waals surface area contributed by atoms with Crippen LogP contribution in [0.5, 0.6) is 0 Å². The van der Waals surface area contributed by atoms with Crippen LogP contribution >= 0.6 is 34.5 Å². The van der Waals surface area contributed by atoms with Gasteiger partial charge in [-0.05, 0) is 6.07 Å². The fourth-order valence-electron chi connectivity index (χ4n) is 2.64. The molecule has 0 radical (unpaired) electrons. The van der Waals surface area contributed by atoms with Crippen molar-refractivity contribution in [2.75, 3.05) is 31.1 Å². The second-order valence-corrected chi connectivity index (χ2v) is 8.89. The first-order valence-electron chi connectivity index (χ1n) is 8.07. The van der Waals surface area contributed by atoms with Crippen molar-refractivity contribution in [3.05, 3.63) is 38.4 Å². The Hall–Kier alpha value is -1.37. The number of nitrogens with zero attached hydrogens (tertiary/aromatic N) is 4. The van der Waals surface area contributed by atoms with E-state index in [1.165, 1.54) is 11.3 Å². The van der Waals surface area contributed by atoms with Gasteiger partial charge in [0.05, 0.1) is 21.2 Å². The lowest BCUT2D eigenvalue weighted by Gasteiger charge is -2.35. The molecule has 3 rings (SSSR count). The van der Waals surface area contributed by atoms with Crippen LogP contribution in [0.2, 0.25) is 10.0 Å². The molecule has 0 aliphatic carbocycles. The van der Waals surface area contributed by atoms with E-state index in [-0.39, 0.29) is 11.3 Å². The third-order valence-corrected chi connectivity index (χ3v) is 5.91. The molecule has 0 atom stereocenters. The molecular formula is C17H20Cl2N4OS. The largest absolute Gasteiger partial charge is 0.352 e. The molecule has 0 unspecified atom stereocenters. The van der Waals surface area contributed by atoms with E-state index in [9.17, 15) is 4.79 Å². The van der Waals surface area contributed by atoms with Crippen LogP contribution < -0.4 is 4.90 Å². The lowest BCUT2D eigenvalue weighted by molar-refractivity contribution is 0.0751. The van der Waals surface area contributed by atoms with E-state index in [2.05, 4.69) is 35.6 Å². The zero-order chi connectivity index (χ0) is 18.2. The molecular weight excluding hydrogens is 379 g/mol. The number of halogens is 2. The predicted molar refractivity (Wildman–Crippen MR) is 103 cm³/mol. The van der Waals surface area contributed by atoms with Gasteiger partial charge in [-0.15, -0.1) is 11.3 Å². The standard InChI is InChI=1S/C17H20Cl2N4OS/c1-17(2,3)16-21-10-13(25-16)15(24)23-6-4-22(5-7-23)14-12(19)8-11(18)9-20-14/h8-10H,4-7H2,1-3H3. The van der Waals surface area contributed by atoms with Gasteiger partial charge >= 0.3 is 0 Å². The van der Waals surface area contributed by atoms with Crippen molar-refractivity contribution in [2.45, 2.75) is 26.2 Å². The SMILES string of the molecule is CC(C)(C)c1ncc(C(=O)N2CCN(c3ncc(Cl)cc3Cl)CC2)s1. The highest BCUT2D eigenvalue weighted by Gasteiger charge is 2.27. The minimum atomic E-state index is -0.0428. The summed E-state index contributed by atoms with van der Waals surface area (Å²) in [6.45, 7) is 8.92. The zero-order valence-corrected chi connectivity index (χ0v) is 16.8. The molecule has 5 nitrogen and oxygen atoms in total. The molecule has 0 spiro atoms. The summed E-state index contributed by atoms with van der Waals surface area (Å²) in [4.78, 5) is 26.1. The molecule has 0 bridgehead atoms. The van der Waals surface area contributed by atoms with E-state index < -0.39 is 0 Å². The Morgan fingerprint density at radius 1 is 1.12 bits per heavy atom. The van der Waals surface area contributed by atoms with Gasteiger partial charge in [0, 0.05) is 37.8 Å². The van der Waals surface area contributed by atoms with Gasteiger partial charge < -0.3 is 9.80 Å². The van der Waals surface area contributed by atoms with Crippen molar-refractivity contribution in [1.82, 2.24) is 14.9 Å². The van der Waals surface area contributed by atoms with Crippen LogP contribution in [0.4, 0.5) is 5.82 Å². The number of carbonyl (C=O) groups is 1. The summed E-state index contributed by atoms with van der Waals surface area (Å²) in [5.74, 6) is 0.758. The van der Waals surface area contributed by atoms with Crippen LogP contribution in [-0.2, 0) is 5.41 Å². The predicted octanol–water partition coefficient (Wildman–Crippen LogP) is 4.10. The van der Waals surface area contributed by atoms with E-state index in [4.69, 9.17) is 23.2 Å². The van der Waals surface area contributed by atoms with Gasteiger partial charge in [-0.1, -0.05) is 44.0 Å². The van der Waals surface area contributed by atoms with Crippen molar-refractivity contribution >= 4 is 46.3 Å². The van der Waals surface area contributed by atoms with Crippen LogP contribution in [0.25, 0.3) is 0 Å². The highest BCUT2D eigenvalue weighted by molar-refractivity contribution is 7.13. The quantitative estimate of drug-likeness (QED) is 0.763. The number of amides is 1. The first kappa shape index (κ1) is 18.4. The molecule has 0 saturated carbocycles. The summed E-state index contributed by atoms with van der Waals surface area (Å²) in [5.41, 5.74) is -0.0428. The fraction of sp³-hybridized carbons (Fsp3) is 0.471. The van der Waals surface area contributed by atoms with Gasteiger partial charge in [0.2, 0.25) is 0 Å². The number of anilines is 1. The average molecular weight is 399 g/mol. The maximum absolute atomic E-state index is 12.7. The van der Waals surface area contributed by atoms with Gasteiger partial charge in [-0.25, -0.2) is 9.97 Å². The van der Waals surface area contributed by atoms with E-state index >= 15 is 0 Å². The van der Waals surface area contributed by atoms with E-state index in [0.29, 0.717) is 46.9 Å². The Labute approximate surface area is 161 Å². The number of aromatic nitrogens is 2. The molecule has 1 saturated heterocycles. The summed E-state index contributed by atoms with van der Waals surface area (Å²) >= 11 is 13.6. The maximum Gasteiger partial charge on any atom is 0.265 e. The molecule has 1 fully saturated rings. The first-order chi connectivity index (χ1) is 11.8. The Kier molecular flexibility index (Phi) is 5.23. The highest BCUT2D eigenvalue weighted by atomic mass is 35.5. The third kappa shape index (κ3) is 4.07. The summed E-state index contributed by atoms with van der Waals surface area (Å²) in [6, 6.07) is 1.69. The third-order valence-electron chi connectivity index (χ3n) is 4.01. The fourth-order valence-corrected chi connectivity index (χ4v) is 4.08. The second-order valence-electron chi connectivity index (χ2n) is 7.02. The summed E-state index contributed by atoms with van der Waals surface area (Å²) < 4.78 is 0. The van der Waals surface area contributed by atoms with Gasteiger partial charge in [0.15, 0.2) is 0 Å². The van der Waals surface area contributed by atoms with Crippen molar-refractivity contribution in [1.29, 1.82) is 0 Å². The number of hydrogen-bond acceptors (Lipinski definition) is 5. The Morgan fingerprint density at radius 2 is 1.80 bits per heavy atom. The molecule has 25 heavy (non-hydrogen) atoms. The number of rotatable bonds is 2. The zero-order valence-electron chi connectivity index (χ0n) is 14.4. The smallest absolute Gasteiger partial charge is 0.265 e. The topological polar surface area (TPSA) is 49.3 Å². The van der Waals surface area contributed by atoms with Crippen molar-refractivity contribution in [2.24, 2.45) is 0 Å². The Bertz CT molecular complexity index is 779. The van der Waals surface area contributed by atoms with Crippen molar-refractivity contribution < 1.29 is 4.79 Å². The van der Waals surface area contributed by atoms with E-state index in [1.807, 2.05) is 4.90 Å². The maximum atomic E-state index is 12.7. The number of carbonyl (C=O) groups excluding carboxylic acids is 1. The molecule has 134 valence electrons. The molecule has 1 amide bonds. The average Bonchev–Trinajstić information content (AvgIpc) is 3.05. The number of piperazine rings is 1. The second kappa shape index (κ2) is 7.09. The molecule has 2 aromatic heterocycles. The van der Waals surface area contributed by atoms with Gasteiger partial charge in [-0.2, -0.15) is 0 Å². The highest BCUT2D eigenvalue weighted by Crippen LogP contribution is 2.29. The van der Waals surface area contributed by atoms with Crippen LogP contribution in [0, 0.1) is 0 Å². The van der Waals surface area contributed by atoms with Crippen LogP contribution in [-0.4, -0.2) is 47.0 Å². The summed E-state index contributed by atoms with van der Waals surface area (Å²) in [5, 5.41) is 2.03.